The average Bonchev–Trinajstić information content (AvgIpc) is 2.36. The number of nitrogens with one attached hydrogen (secondary N) is 1. The number of nitrogens with two attached hydrogens (primary N) is 1. The first-order chi connectivity index (χ1) is 9.45. The molecule has 2 aromatic rings. The lowest BCUT2D eigenvalue weighted by Gasteiger charge is -2.11. The van der Waals surface area contributed by atoms with E-state index in [1.54, 1.807) is 0 Å². The Balaban J connectivity index is 2.10. The third-order valence-corrected chi connectivity index (χ3v) is 3.63. The molecule has 0 unspecified atom stereocenters. The Morgan fingerprint density at radius 3 is 2.65 bits per heavy atom. The third kappa shape index (κ3) is 3.61. The van der Waals surface area contributed by atoms with Crippen molar-refractivity contribution in [3.8, 4) is 0 Å². The minimum absolute atomic E-state index is 0.0321. The molecule has 20 heavy (non-hydrogen) atoms. The van der Waals surface area contributed by atoms with Crippen LogP contribution in [0.25, 0.3) is 0 Å². The van der Waals surface area contributed by atoms with Crippen molar-refractivity contribution in [2.75, 3.05) is 11.1 Å². The monoisotopic (exact) mass is 332 g/mol. The zero-order valence-electron chi connectivity index (χ0n) is 11.5. The Morgan fingerprint density at radius 1 is 1.20 bits per heavy atom. The number of anilines is 2. The smallest absolute Gasteiger partial charge is 0.228 e. The molecule has 0 aromatic heterocycles. The molecule has 0 atom stereocenters. The fourth-order valence-corrected chi connectivity index (χ4v) is 2.45. The molecule has 0 bridgehead atoms. The van der Waals surface area contributed by atoms with E-state index >= 15 is 0 Å². The van der Waals surface area contributed by atoms with Gasteiger partial charge in [0.1, 0.15) is 0 Å². The minimum atomic E-state index is -0.0321. The summed E-state index contributed by atoms with van der Waals surface area (Å²) < 4.78 is 0.974. The quantitative estimate of drug-likeness (QED) is 0.839. The van der Waals surface area contributed by atoms with Gasteiger partial charge in [-0.1, -0.05) is 28.1 Å². The predicted molar refractivity (Wildman–Crippen MR) is 86.8 cm³/mol. The second-order valence-electron chi connectivity index (χ2n) is 4.88. The molecule has 0 saturated heterocycles. The molecule has 0 fully saturated rings. The number of rotatable bonds is 3. The second kappa shape index (κ2) is 6.09. The number of hydrogen-bond donors (Lipinski definition) is 2. The largest absolute Gasteiger partial charge is 0.399 e. The number of aryl methyl sites for hydroxylation is 2. The lowest BCUT2D eigenvalue weighted by molar-refractivity contribution is -0.115. The van der Waals surface area contributed by atoms with Gasteiger partial charge in [-0.15, -0.1) is 0 Å². The van der Waals surface area contributed by atoms with Crippen molar-refractivity contribution in [2.45, 2.75) is 20.3 Å². The zero-order chi connectivity index (χ0) is 14.7. The van der Waals surface area contributed by atoms with E-state index in [9.17, 15) is 4.79 Å². The first-order valence-electron chi connectivity index (χ1n) is 6.36. The molecule has 1 amide bonds. The van der Waals surface area contributed by atoms with Crippen LogP contribution < -0.4 is 11.1 Å². The van der Waals surface area contributed by atoms with Crippen LogP contribution in [0.3, 0.4) is 0 Å². The van der Waals surface area contributed by atoms with Gasteiger partial charge < -0.3 is 11.1 Å². The van der Waals surface area contributed by atoms with E-state index in [2.05, 4.69) is 21.2 Å². The van der Waals surface area contributed by atoms with Gasteiger partial charge in [0.05, 0.1) is 6.42 Å². The Morgan fingerprint density at radius 2 is 1.95 bits per heavy atom. The SMILES string of the molecule is Cc1cc(NC(=O)Cc2cccc(Br)c2)c(C)cc1N. The van der Waals surface area contributed by atoms with Gasteiger partial charge in [0.2, 0.25) is 5.91 Å². The van der Waals surface area contributed by atoms with Crippen LogP contribution in [0, 0.1) is 13.8 Å². The van der Waals surface area contributed by atoms with E-state index in [4.69, 9.17) is 5.73 Å². The van der Waals surface area contributed by atoms with Crippen molar-refractivity contribution in [3.05, 3.63) is 57.6 Å². The molecule has 104 valence electrons. The number of nitrogen functional groups attached to an aromatic ring is 1. The summed E-state index contributed by atoms with van der Waals surface area (Å²) in [7, 11) is 0. The minimum Gasteiger partial charge on any atom is -0.399 e. The Hall–Kier alpha value is -1.81. The number of benzene rings is 2. The molecule has 2 rings (SSSR count). The summed E-state index contributed by atoms with van der Waals surface area (Å²) in [6.45, 7) is 3.86. The Labute approximate surface area is 127 Å². The first kappa shape index (κ1) is 14.6. The standard InChI is InChI=1S/C16H17BrN2O/c1-10-7-15(11(2)6-14(10)18)19-16(20)9-12-4-3-5-13(17)8-12/h3-8H,9,18H2,1-2H3,(H,19,20). The van der Waals surface area contributed by atoms with E-state index in [1.165, 1.54) is 0 Å². The maximum absolute atomic E-state index is 12.1. The van der Waals surface area contributed by atoms with Crippen LogP contribution in [0.4, 0.5) is 11.4 Å². The van der Waals surface area contributed by atoms with E-state index < -0.39 is 0 Å². The molecule has 0 aliphatic rings. The van der Waals surface area contributed by atoms with Gasteiger partial charge in [0.25, 0.3) is 0 Å². The van der Waals surface area contributed by atoms with Crippen molar-refractivity contribution in [1.82, 2.24) is 0 Å². The summed E-state index contributed by atoms with van der Waals surface area (Å²) in [6.07, 6.45) is 0.350. The highest BCUT2D eigenvalue weighted by molar-refractivity contribution is 9.10. The van der Waals surface area contributed by atoms with Gasteiger partial charge in [-0.25, -0.2) is 0 Å². The lowest BCUT2D eigenvalue weighted by Crippen LogP contribution is -2.15. The van der Waals surface area contributed by atoms with Crippen LogP contribution in [0.15, 0.2) is 40.9 Å². The van der Waals surface area contributed by atoms with Gasteiger partial charge in [-0.3, -0.25) is 4.79 Å². The number of carbonyl (C=O) groups is 1. The first-order valence-corrected chi connectivity index (χ1v) is 7.16. The van der Waals surface area contributed by atoms with Crippen LogP contribution >= 0.6 is 15.9 Å². The molecular formula is C16H17BrN2O. The van der Waals surface area contributed by atoms with Crippen LogP contribution in [0.1, 0.15) is 16.7 Å². The number of carbonyl (C=O) groups excluding carboxylic acids is 1. The zero-order valence-corrected chi connectivity index (χ0v) is 13.1. The summed E-state index contributed by atoms with van der Waals surface area (Å²) in [5, 5.41) is 2.94. The molecule has 0 aliphatic heterocycles. The summed E-state index contributed by atoms with van der Waals surface area (Å²) >= 11 is 3.40. The summed E-state index contributed by atoms with van der Waals surface area (Å²) in [5.41, 5.74) is 10.3. The van der Waals surface area contributed by atoms with Crippen molar-refractivity contribution in [2.24, 2.45) is 0 Å². The van der Waals surface area contributed by atoms with Gasteiger partial charge in [-0.05, 0) is 54.8 Å². The van der Waals surface area contributed by atoms with Gasteiger partial charge >= 0.3 is 0 Å². The summed E-state index contributed by atoms with van der Waals surface area (Å²) in [5.74, 6) is -0.0321. The van der Waals surface area contributed by atoms with Gasteiger partial charge in [0.15, 0.2) is 0 Å². The van der Waals surface area contributed by atoms with E-state index in [1.807, 2.05) is 50.2 Å². The molecule has 0 radical (unpaired) electrons. The molecule has 2 aromatic carbocycles. The Kier molecular flexibility index (Phi) is 4.45. The van der Waals surface area contributed by atoms with Gasteiger partial charge in [0, 0.05) is 15.8 Å². The van der Waals surface area contributed by atoms with Crippen LogP contribution in [0.2, 0.25) is 0 Å². The number of halogens is 1. The number of hydrogen-bond acceptors (Lipinski definition) is 2. The Bertz CT molecular complexity index is 653. The number of amides is 1. The fourth-order valence-electron chi connectivity index (χ4n) is 2.00. The molecular weight excluding hydrogens is 316 g/mol. The van der Waals surface area contributed by atoms with Crippen molar-refractivity contribution in [1.29, 1.82) is 0 Å². The summed E-state index contributed by atoms with van der Waals surface area (Å²) in [6, 6.07) is 11.5. The lowest BCUT2D eigenvalue weighted by atomic mass is 10.1. The molecule has 3 N–H and O–H groups in total. The van der Waals surface area contributed by atoms with E-state index in [-0.39, 0.29) is 5.91 Å². The molecule has 0 saturated carbocycles. The molecule has 3 nitrogen and oxygen atoms in total. The topological polar surface area (TPSA) is 55.1 Å². The van der Waals surface area contributed by atoms with Gasteiger partial charge in [-0.2, -0.15) is 0 Å². The predicted octanol–water partition coefficient (Wildman–Crippen LogP) is 3.83. The third-order valence-electron chi connectivity index (χ3n) is 3.14. The molecule has 0 heterocycles. The van der Waals surface area contributed by atoms with Crippen LogP contribution in [0.5, 0.6) is 0 Å². The summed E-state index contributed by atoms with van der Waals surface area (Å²) in [4.78, 5) is 12.1. The maximum atomic E-state index is 12.1. The van der Waals surface area contributed by atoms with Crippen LogP contribution in [-0.4, -0.2) is 5.91 Å². The van der Waals surface area contributed by atoms with Crippen molar-refractivity contribution in [3.63, 3.8) is 0 Å². The van der Waals surface area contributed by atoms with E-state index in [0.717, 1.165) is 32.5 Å². The highest BCUT2D eigenvalue weighted by atomic mass is 79.9. The second-order valence-corrected chi connectivity index (χ2v) is 5.79. The average molecular weight is 333 g/mol. The van der Waals surface area contributed by atoms with E-state index in [0.29, 0.717) is 6.42 Å². The van der Waals surface area contributed by atoms with Crippen LogP contribution in [-0.2, 0) is 11.2 Å². The highest BCUT2D eigenvalue weighted by Crippen LogP contribution is 2.22. The van der Waals surface area contributed by atoms with Crippen molar-refractivity contribution >= 4 is 33.2 Å². The maximum Gasteiger partial charge on any atom is 0.228 e. The molecule has 4 heteroatoms. The normalized spacial score (nSPS) is 10.3. The highest BCUT2D eigenvalue weighted by Gasteiger charge is 2.08. The molecule has 0 aliphatic carbocycles. The molecule has 0 spiro atoms. The fraction of sp³-hybridized carbons (Fsp3) is 0.188. The van der Waals surface area contributed by atoms with Crippen molar-refractivity contribution < 1.29 is 4.79 Å².